The lowest BCUT2D eigenvalue weighted by atomic mass is 10.1. The number of aliphatic imine (C=N–C) groups is 1. The first kappa shape index (κ1) is 10.7. The highest BCUT2D eigenvalue weighted by Crippen LogP contribution is 2.19. The van der Waals surface area contributed by atoms with E-state index < -0.39 is 0 Å². The summed E-state index contributed by atoms with van der Waals surface area (Å²) in [5.74, 6) is 1.20. The Bertz CT molecular complexity index is 440. The van der Waals surface area contributed by atoms with E-state index in [0.29, 0.717) is 24.1 Å². The van der Waals surface area contributed by atoms with Crippen LogP contribution < -0.4 is 0 Å². The van der Waals surface area contributed by atoms with Crippen LogP contribution in [0.3, 0.4) is 0 Å². The van der Waals surface area contributed by atoms with Gasteiger partial charge in [-0.05, 0) is 5.92 Å². The van der Waals surface area contributed by atoms with Crippen molar-refractivity contribution >= 4 is 11.6 Å². The SMILES string of the molecule is [C-]#[N+]c1ccc(C2=N[C@@H](C(C)C)CO2)cc1. The highest BCUT2D eigenvalue weighted by molar-refractivity contribution is 5.95. The van der Waals surface area contributed by atoms with Crippen molar-refractivity contribution in [3.8, 4) is 0 Å². The Balaban J connectivity index is 2.20. The van der Waals surface area contributed by atoms with E-state index in [4.69, 9.17) is 11.3 Å². The van der Waals surface area contributed by atoms with Gasteiger partial charge < -0.3 is 4.74 Å². The lowest BCUT2D eigenvalue weighted by Gasteiger charge is -2.06. The number of rotatable bonds is 2. The van der Waals surface area contributed by atoms with E-state index in [9.17, 15) is 0 Å². The van der Waals surface area contributed by atoms with Crippen LogP contribution in [-0.4, -0.2) is 18.5 Å². The molecule has 0 saturated heterocycles. The molecule has 2 rings (SSSR count). The number of benzene rings is 1. The highest BCUT2D eigenvalue weighted by atomic mass is 16.5. The van der Waals surface area contributed by atoms with Crippen molar-refractivity contribution in [2.75, 3.05) is 6.61 Å². The Morgan fingerprint density at radius 3 is 2.56 bits per heavy atom. The largest absolute Gasteiger partial charge is 0.475 e. The second kappa shape index (κ2) is 4.36. The zero-order valence-corrected chi connectivity index (χ0v) is 9.47. The fourth-order valence-corrected chi connectivity index (χ4v) is 1.57. The smallest absolute Gasteiger partial charge is 0.216 e. The third-order valence-electron chi connectivity index (χ3n) is 2.69. The Hall–Kier alpha value is -1.82. The molecule has 3 heteroatoms. The molecule has 0 fully saturated rings. The molecule has 0 saturated carbocycles. The molecule has 1 aliphatic rings. The predicted octanol–water partition coefficient (Wildman–Crippen LogP) is 3.04. The van der Waals surface area contributed by atoms with E-state index in [2.05, 4.69) is 23.7 Å². The van der Waals surface area contributed by atoms with Crippen LogP contribution in [0.5, 0.6) is 0 Å². The molecule has 3 nitrogen and oxygen atoms in total. The second-order valence-corrected chi connectivity index (χ2v) is 4.22. The van der Waals surface area contributed by atoms with Crippen LogP contribution in [0.25, 0.3) is 4.85 Å². The topological polar surface area (TPSA) is 25.9 Å². The van der Waals surface area contributed by atoms with E-state index in [0.717, 1.165) is 5.56 Å². The third-order valence-corrected chi connectivity index (χ3v) is 2.69. The van der Waals surface area contributed by atoms with Crippen LogP contribution in [0, 0.1) is 12.5 Å². The molecule has 82 valence electrons. The Morgan fingerprint density at radius 2 is 2.06 bits per heavy atom. The van der Waals surface area contributed by atoms with E-state index >= 15 is 0 Å². The van der Waals surface area contributed by atoms with Crippen molar-refractivity contribution in [3.05, 3.63) is 41.2 Å². The molecular weight excluding hydrogens is 200 g/mol. The first-order valence-electron chi connectivity index (χ1n) is 5.39. The first-order valence-corrected chi connectivity index (χ1v) is 5.39. The van der Waals surface area contributed by atoms with Gasteiger partial charge in [-0.25, -0.2) is 9.84 Å². The van der Waals surface area contributed by atoms with Crippen molar-refractivity contribution < 1.29 is 4.74 Å². The van der Waals surface area contributed by atoms with Gasteiger partial charge >= 0.3 is 0 Å². The predicted molar refractivity (Wildman–Crippen MR) is 63.8 cm³/mol. The second-order valence-electron chi connectivity index (χ2n) is 4.22. The monoisotopic (exact) mass is 214 g/mol. The maximum absolute atomic E-state index is 6.88. The summed E-state index contributed by atoms with van der Waals surface area (Å²) >= 11 is 0. The van der Waals surface area contributed by atoms with Crippen LogP contribution in [0.2, 0.25) is 0 Å². The van der Waals surface area contributed by atoms with Crippen molar-refractivity contribution in [2.45, 2.75) is 19.9 Å². The van der Waals surface area contributed by atoms with Gasteiger partial charge in [0, 0.05) is 5.56 Å². The summed E-state index contributed by atoms with van der Waals surface area (Å²) in [7, 11) is 0. The van der Waals surface area contributed by atoms with Crippen LogP contribution in [-0.2, 0) is 4.74 Å². The quantitative estimate of drug-likeness (QED) is 0.695. The summed E-state index contributed by atoms with van der Waals surface area (Å²) in [4.78, 5) is 7.88. The molecule has 1 aromatic rings. The fourth-order valence-electron chi connectivity index (χ4n) is 1.57. The molecule has 1 heterocycles. The number of hydrogen-bond acceptors (Lipinski definition) is 2. The molecule has 0 aliphatic carbocycles. The van der Waals surface area contributed by atoms with Gasteiger partial charge in [-0.15, -0.1) is 0 Å². The average molecular weight is 214 g/mol. The van der Waals surface area contributed by atoms with Crippen molar-refractivity contribution in [1.82, 2.24) is 0 Å². The third kappa shape index (κ3) is 2.06. The van der Waals surface area contributed by atoms with Crippen LogP contribution in [0.15, 0.2) is 29.3 Å². The van der Waals surface area contributed by atoms with Gasteiger partial charge in [0.2, 0.25) is 5.90 Å². The van der Waals surface area contributed by atoms with Gasteiger partial charge in [0.15, 0.2) is 5.69 Å². The standard InChI is InChI=1S/C13H14N2O/c1-9(2)12-8-16-13(15-12)10-4-6-11(14-3)7-5-10/h4-7,9,12H,8H2,1-2H3/t12-/m1/s1. The molecule has 0 radical (unpaired) electrons. The Labute approximate surface area is 95.6 Å². The van der Waals surface area contributed by atoms with E-state index in [1.165, 1.54) is 0 Å². The van der Waals surface area contributed by atoms with Crippen molar-refractivity contribution in [2.24, 2.45) is 10.9 Å². The lowest BCUT2D eigenvalue weighted by Crippen LogP contribution is -2.13. The van der Waals surface area contributed by atoms with Crippen molar-refractivity contribution in [1.29, 1.82) is 0 Å². The lowest BCUT2D eigenvalue weighted by molar-refractivity contribution is 0.292. The Morgan fingerprint density at radius 1 is 1.38 bits per heavy atom. The van der Waals surface area contributed by atoms with Gasteiger partial charge in [-0.3, -0.25) is 0 Å². The zero-order valence-electron chi connectivity index (χ0n) is 9.47. The van der Waals surface area contributed by atoms with Crippen LogP contribution in [0.1, 0.15) is 19.4 Å². The molecule has 1 aliphatic heterocycles. The molecule has 0 N–H and O–H groups in total. The summed E-state index contributed by atoms with van der Waals surface area (Å²) in [6.45, 7) is 11.8. The summed E-state index contributed by atoms with van der Waals surface area (Å²) in [5.41, 5.74) is 1.60. The van der Waals surface area contributed by atoms with Gasteiger partial charge in [-0.2, -0.15) is 0 Å². The average Bonchev–Trinajstić information content (AvgIpc) is 2.78. The molecule has 0 aromatic heterocycles. The minimum absolute atomic E-state index is 0.260. The molecular formula is C13H14N2O. The van der Waals surface area contributed by atoms with Crippen LogP contribution >= 0.6 is 0 Å². The minimum Gasteiger partial charge on any atom is -0.475 e. The fraction of sp³-hybridized carbons (Fsp3) is 0.385. The first-order chi connectivity index (χ1) is 7.70. The highest BCUT2D eigenvalue weighted by Gasteiger charge is 2.22. The normalized spacial score (nSPS) is 19.1. The molecule has 0 bridgehead atoms. The Kier molecular flexibility index (Phi) is 2.91. The van der Waals surface area contributed by atoms with Crippen LogP contribution in [0.4, 0.5) is 5.69 Å². The number of nitrogens with zero attached hydrogens (tertiary/aromatic N) is 2. The van der Waals surface area contributed by atoms with E-state index in [-0.39, 0.29) is 6.04 Å². The summed E-state index contributed by atoms with van der Waals surface area (Å²) in [5, 5.41) is 0. The molecule has 0 amide bonds. The molecule has 1 atom stereocenters. The maximum atomic E-state index is 6.88. The van der Waals surface area contributed by atoms with Gasteiger partial charge in [0.05, 0.1) is 12.6 Å². The summed E-state index contributed by atoms with van der Waals surface area (Å²) < 4.78 is 5.56. The molecule has 16 heavy (non-hydrogen) atoms. The van der Waals surface area contributed by atoms with E-state index in [1.54, 1.807) is 12.1 Å². The summed E-state index contributed by atoms with van der Waals surface area (Å²) in [6.07, 6.45) is 0. The number of ether oxygens (including phenoxy) is 1. The van der Waals surface area contributed by atoms with Gasteiger partial charge in [-0.1, -0.05) is 38.1 Å². The maximum Gasteiger partial charge on any atom is 0.216 e. The summed E-state index contributed by atoms with van der Waals surface area (Å²) in [6, 6.07) is 7.60. The minimum atomic E-state index is 0.260. The van der Waals surface area contributed by atoms with E-state index in [1.807, 2.05) is 12.1 Å². The molecule has 0 unspecified atom stereocenters. The zero-order chi connectivity index (χ0) is 11.5. The number of hydrogen-bond donors (Lipinski definition) is 0. The van der Waals surface area contributed by atoms with Gasteiger partial charge in [0.1, 0.15) is 6.61 Å². The molecule has 1 aromatic carbocycles. The molecule has 0 spiro atoms. The van der Waals surface area contributed by atoms with Crippen molar-refractivity contribution in [3.63, 3.8) is 0 Å². The van der Waals surface area contributed by atoms with Gasteiger partial charge in [0.25, 0.3) is 0 Å².